The van der Waals surface area contributed by atoms with Crippen molar-refractivity contribution >= 4 is 28.9 Å². The highest BCUT2D eigenvalue weighted by Crippen LogP contribution is 2.42. The number of Topliss-reactive ketones (excluding diaryl/α,β-unsaturated/α-hetero) is 5. The molecular formula is C91H75F19N10O5. The topological polar surface area (TPSA) is 190 Å². The molecule has 0 unspecified atom stereocenters. The molecule has 14 rings (SSSR count). The third-order valence-corrected chi connectivity index (χ3v) is 21.1. The Bertz CT molecular complexity index is 5940. The average molecular weight is 1750 g/mol. The number of hydrogen-bond acceptors (Lipinski definition) is 12. The Morgan fingerprint density at radius 2 is 0.792 bits per heavy atom. The van der Waals surface area contributed by atoms with Gasteiger partial charge >= 0.3 is 18.5 Å². The fourth-order valence-corrected chi connectivity index (χ4v) is 15.7. The van der Waals surface area contributed by atoms with Crippen molar-refractivity contribution in [3.8, 4) is 33.4 Å². The lowest BCUT2D eigenvalue weighted by Gasteiger charge is -2.21. The lowest BCUT2D eigenvalue weighted by atomic mass is 9.86. The van der Waals surface area contributed by atoms with E-state index in [1.807, 2.05) is 37.3 Å². The molecule has 2 aliphatic rings. The van der Waals surface area contributed by atoms with Gasteiger partial charge in [-0.3, -0.25) is 53.0 Å². The molecule has 0 saturated heterocycles. The molecule has 12 aromatic rings. The van der Waals surface area contributed by atoms with Gasteiger partial charge in [0.15, 0.2) is 46.0 Å². The number of nitrogens with zero attached hydrogens (tertiary/aromatic N) is 9. The van der Waals surface area contributed by atoms with Crippen LogP contribution < -0.4 is 5.32 Å². The number of halogens is 19. The van der Waals surface area contributed by atoms with Crippen molar-refractivity contribution in [3.63, 3.8) is 0 Å². The Kier molecular flexibility index (Phi) is 28.6. The molecule has 0 bridgehead atoms. The van der Waals surface area contributed by atoms with Crippen LogP contribution in [0.4, 0.5) is 83.4 Å². The van der Waals surface area contributed by atoms with Crippen molar-refractivity contribution in [3.05, 3.63) is 319 Å². The smallest absolute Gasteiger partial charge is 0.311 e. The van der Waals surface area contributed by atoms with Crippen molar-refractivity contribution in [1.29, 1.82) is 0 Å². The molecule has 6 aromatic carbocycles. The zero-order chi connectivity index (χ0) is 90.1. The van der Waals surface area contributed by atoms with Crippen LogP contribution in [0.3, 0.4) is 0 Å². The maximum Gasteiger partial charge on any atom is 0.435 e. The summed E-state index contributed by atoms with van der Waals surface area (Å²) in [5.41, 5.74) is 1.57. The summed E-state index contributed by atoms with van der Waals surface area (Å²) in [6, 6.07) is 34.4. The molecule has 6 aromatic heterocycles. The summed E-state index contributed by atoms with van der Waals surface area (Å²) in [6.07, 6.45) is -11.8. The summed E-state index contributed by atoms with van der Waals surface area (Å²) >= 11 is 0. The van der Waals surface area contributed by atoms with Gasteiger partial charge in [0.2, 0.25) is 0 Å². The lowest BCUT2D eigenvalue weighted by molar-refractivity contribution is -0.143. The number of alkyl halides is 11. The number of ketones is 5. The zero-order valence-electron chi connectivity index (χ0n) is 66.6. The van der Waals surface area contributed by atoms with Crippen LogP contribution in [0.15, 0.2) is 176 Å². The number of carbonyl (C=O) groups is 5. The van der Waals surface area contributed by atoms with Gasteiger partial charge in [-0.15, -0.1) is 0 Å². The fraction of sp³-hybridized carbons (Fsp3) is 0.286. The van der Waals surface area contributed by atoms with E-state index < -0.39 is 155 Å². The Morgan fingerprint density at radius 1 is 0.424 bits per heavy atom. The van der Waals surface area contributed by atoms with E-state index in [2.05, 4.69) is 35.6 Å². The fourth-order valence-electron chi connectivity index (χ4n) is 15.7. The zero-order valence-corrected chi connectivity index (χ0v) is 66.6. The number of carbonyl (C=O) groups excluding carboxylic acids is 5. The summed E-state index contributed by atoms with van der Waals surface area (Å²) < 4.78 is 264. The average Bonchev–Trinajstić information content (AvgIpc) is 1.70. The molecule has 0 spiro atoms. The van der Waals surface area contributed by atoms with Crippen LogP contribution in [0.5, 0.6) is 0 Å². The molecule has 34 heteroatoms. The van der Waals surface area contributed by atoms with Crippen LogP contribution in [0.1, 0.15) is 175 Å². The number of benzene rings is 6. The van der Waals surface area contributed by atoms with Gasteiger partial charge in [-0.2, -0.15) is 54.8 Å². The second-order valence-electron chi connectivity index (χ2n) is 30.4. The van der Waals surface area contributed by atoms with E-state index >= 15 is 0 Å². The Morgan fingerprint density at radius 3 is 1.18 bits per heavy atom. The second-order valence-corrected chi connectivity index (χ2v) is 30.4. The molecule has 0 radical (unpaired) electrons. The number of hydrogen-bond donors (Lipinski definition) is 1. The van der Waals surface area contributed by atoms with Gasteiger partial charge < -0.3 is 5.32 Å². The Hall–Kier alpha value is -12.6. The van der Waals surface area contributed by atoms with E-state index in [9.17, 15) is 107 Å². The van der Waals surface area contributed by atoms with E-state index in [0.717, 1.165) is 70.3 Å². The SMILES string of the molecule is CC(=O)c1cc(-c2cccnc2[C@@H](CC(=O)Cn2cc(C(F)F)c(C(F)(F)F)n2)Cc2cc(F)cc(F)c2)ccc1F.CC(=O)c1cc(-c2cccnc2[C@@H](CC(=O)Cn2nc(C(F)(F)F)c3c2CNCC3)Cc2cc(F)cc(F)c2)ccc1F.Cc1ccc(-c2cccnc2[C@@H](CC(=O)Cn2nc(C(F)(F)F)c3c2CCCC3)Cc2cc(F)cc(F)c2)cc1. The highest BCUT2D eigenvalue weighted by Gasteiger charge is 2.43. The minimum atomic E-state index is -5.18. The van der Waals surface area contributed by atoms with Crippen molar-refractivity contribution in [2.45, 2.75) is 160 Å². The van der Waals surface area contributed by atoms with Crippen LogP contribution in [-0.2, 0) is 97.6 Å². The summed E-state index contributed by atoms with van der Waals surface area (Å²) in [6.45, 7) is 3.24. The molecule has 0 saturated carbocycles. The molecule has 1 aliphatic carbocycles. The second kappa shape index (κ2) is 39.1. The highest BCUT2D eigenvalue weighted by atomic mass is 19.4. The van der Waals surface area contributed by atoms with Crippen LogP contribution >= 0.6 is 0 Å². The molecule has 125 heavy (non-hydrogen) atoms. The maximum absolute atomic E-state index is 14.3. The third-order valence-electron chi connectivity index (χ3n) is 21.1. The molecule has 3 atom stereocenters. The molecule has 1 aliphatic heterocycles. The van der Waals surface area contributed by atoms with Crippen LogP contribution in [0.25, 0.3) is 33.4 Å². The minimum Gasteiger partial charge on any atom is -0.311 e. The van der Waals surface area contributed by atoms with E-state index in [1.165, 1.54) is 73.4 Å². The third kappa shape index (κ3) is 23.1. The maximum atomic E-state index is 14.3. The first-order valence-electron chi connectivity index (χ1n) is 39.1. The van der Waals surface area contributed by atoms with Crippen LogP contribution in [0, 0.1) is 53.5 Å². The van der Waals surface area contributed by atoms with E-state index in [-0.39, 0.29) is 109 Å². The van der Waals surface area contributed by atoms with Crippen molar-refractivity contribution in [2.75, 3.05) is 6.54 Å². The standard InChI is InChI=1S/C31H26F6N4O2.C31H28F5N3O.C29H21F8N3O2/c1-17(42)26-13-19(4-5-27(26)34)24-3-2-7-39-29(24)20(9-18-10-21(32)14-22(33)11-18)12-23(43)16-41-28-15-38-8-6-25(28)30(40-41)31(35,36)37;1-19-8-10-21(11-9-19)26-6-4-12-37-29(26)22(13-20-14-23(32)17-24(33)15-20)16-25(40)18-39-28-7-3-2-5-27(28)30(38-39)31(34,35)36;1-15(41)23-11-17(4-5-25(23)32)22-3-2-6-38-26(22)18(7-16-8-19(30)12-20(31)9-16)10-21(42)13-40-14-24(28(33)34)27(39-40)29(35,36)37/h2-5,7,10-11,13-14,20,38H,6,8-9,12,15-16H2,1H3;4,6,8-12,14-15,17,22H,2-3,5,7,13,16,18H2,1H3;2-6,8-9,11-12,14,18,28H,7,10,13H2,1H3/t20-;22-;18-/m111/s1. The molecular weight excluding hydrogens is 1670 g/mol. The van der Waals surface area contributed by atoms with Crippen molar-refractivity contribution in [2.24, 2.45) is 0 Å². The first-order valence-corrected chi connectivity index (χ1v) is 39.1. The number of aryl methyl sites for hydroxylation is 1. The summed E-state index contributed by atoms with van der Waals surface area (Å²) in [5.74, 6) is -11.3. The van der Waals surface area contributed by atoms with Gasteiger partial charge in [-0.25, -0.2) is 43.9 Å². The molecule has 15 nitrogen and oxygen atoms in total. The van der Waals surface area contributed by atoms with Gasteiger partial charge in [0.1, 0.15) is 46.5 Å². The van der Waals surface area contributed by atoms with E-state index in [4.69, 9.17) is 0 Å². The van der Waals surface area contributed by atoms with Gasteiger partial charge in [0.05, 0.1) is 59.1 Å². The number of nitrogens with one attached hydrogen (secondary N) is 1. The number of fused-ring (bicyclic) bond motifs is 2. The minimum absolute atomic E-state index is 0.0439. The number of rotatable bonds is 27. The number of aromatic nitrogens is 9. The molecule has 7 heterocycles. The monoisotopic (exact) mass is 1750 g/mol. The van der Waals surface area contributed by atoms with Crippen molar-refractivity contribution < 1.29 is 107 Å². The van der Waals surface area contributed by atoms with Crippen molar-refractivity contribution in [1.82, 2.24) is 49.6 Å². The Balaban J connectivity index is 0.000000171. The van der Waals surface area contributed by atoms with E-state index in [1.54, 1.807) is 30.5 Å². The summed E-state index contributed by atoms with van der Waals surface area (Å²) in [4.78, 5) is 77.3. The molecule has 1 N–H and O–H groups in total. The van der Waals surface area contributed by atoms with Crippen LogP contribution in [-0.4, -0.2) is 79.8 Å². The van der Waals surface area contributed by atoms with Gasteiger partial charge in [-0.1, -0.05) is 60.2 Å². The molecule has 0 fully saturated rings. The Labute approximate surface area is 701 Å². The predicted octanol–water partition coefficient (Wildman–Crippen LogP) is 21.1. The quantitative estimate of drug-likeness (QED) is 0.0379. The largest absolute Gasteiger partial charge is 0.435 e. The summed E-state index contributed by atoms with van der Waals surface area (Å²) in [7, 11) is 0. The highest BCUT2D eigenvalue weighted by molar-refractivity contribution is 5.96. The first-order chi connectivity index (χ1) is 59.2. The molecule has 0 amide bonds. The van der Waals surface area contributed by atoms with Crippen LogP contribution in [0.2, 0.25) is 0 Å². The molecule has 652 valence electrons. The van der Waals surface area contributed by atoms with E-state index in [0.29, 0.717) is 87.3 Å². The normalized spacial score (nSPS) is 13.5. The lowest BCUT2D eigenvalue weighted by Crippen LogP contribution is -2.27. The van der Waals surface area contributed by atoms with Gasteiger partial charge in [0.25, 0.3) is 6.43 Å². The van der Waals surface area contributed by atoms with Gasteiger partial charge in [-0.05, 0) is 191 Å². The predicted molar refractivity (Wildman–Crippen MR) is 420 cm³/mol. The first kappa shape index (κ1) is 91.6. The number of pyridine rings is 3. The summed E-state index contributed by atoms with van der Waals surface area (Å²) in [5, 5.41) is 13.7. The van der Waals surface area contributed by atoms with Gasteiger partial charge in [0, 0.05) is 120 Å².